The molecular weight excluding hydrogens is 314 g/mol. The molecule has 1 aliphatic heterocycles. The first-order valence-electron chi connectivity index (χ1n) is 9.46. The molecule has 1 aromatic carbocycles. The first-order chi connectivity index (χ1) is 12.1. The van der Waals surface area contributed by atoms with Crippen molar-refractivity contribution < 1.29 is 9.53 Å². The zero-order valence-corrected chi connectivity index (χ0v) is 15.4. The van der Waals surface area contributed by atoms with Crippen molar-refractivity contribution in [2.45, 2.75) is 56.2 Å². The van der Waals surface area contributed by atoms with Gasteiger partial charge in [0, 0.05) is 26.7 Å². The van der Waals surface area contributed by atoms with Gasteiger partial charge in [-0.1, -0.05) is 30.3 Å². The monoisotopic (exact) mass is 345 g/mol. The molecule has 1 aromatic rings. The average molecular weight is 345 g/mol. The first-order valence-corrected chi connectivity index (χ1v) is 9.46. The number of urea groups is 1. The summed E-state index contributed by atoms with van der Waals surface area (Å²) >= 11 is 0. The molecule has 0 spiro atoms. The minimum atomic E-state index is 0.00162. The van der Waals surface area contributed by atoms with Gasteiger partial charge in [0.1, 0.15) is 0 Å². The molecule has 3 rings (SSSR count). The molecule has 1 saturated heterocycles. The number of nitrogens with two attached hydrogens (primary N) is 1. The van der Waals surface area contributed by atoms with Crippen LogP contribution in [0.4, 0.5) is 4.79 Å². The Labute approximate surface area is 151 Å². The van der Waals surface area contributed by atoms with Gasteiger partial charge in [-0.15, -0.1) is 0 Å². The molecule has 2 aliphatic rings. The Balaban J connectivity index is 1.48. The van der Waals surface area contributed by atoms with Crippen LogP contribution in [-0.4, -0.2) is 61.3 Å². The summed E-state index contributed by atoms with van der Waals surface area (Å²) in [5.74, 6) is 0.654. The third kappa shape index (κ3) is 4.33. The highest BCUT2D eigenvalue weighted by molar-refractivity contribution is 5.74. The summed E-state index contributed by atoms with van der Waals surface area (Å²) in [6.45, 7) is 1.29. The second kappa shape index (κ2) is 8.19. The second-order valence-corrected chi connectivity index (χ2v) is 7.61. The number of benzene rings is 1. The molecule has 5 heteroatoms. The van der Waals surface area contributed by atoms with Gasteiger partial charge >= 0.3 is 6.03 Å². The zero-order valence-electron chi connectivity index (χ0n) is 15.4. The largest absolute Gasteiger partial charge is 0.376 e. The topological polar surface area (TPSA) is 58.8 Å². The molecule has 0 bridgehead atoms. The number of carbonyl (C=O) groups is 1. The second-order valence-electron chi connectivity index (χ2n) is 7.61. The van der Waals surface area contributed by atoms with Crippen LogP contribution in [0.5, 0.6) is 0 Å². The molecule has 1 aliphatic carbocycles. The van der Waals surface area contributed by atoms with Crippen LogP contribution in [0.25, 0.3) is 0 Å². The summed E-state index contributed by atoms with van der Waals surface area (Å²) in [7, 11) is 3.57. The highest BCUT2D eigenvalue weighted by Crippen LogP contribution is 2.34. The highest BCUT2D eigenvalue weighted by atomic mass is 16.5. The average Bonchev–Trinajstić information content (AvgIpc) is 3.01. The van der Waals surface area contributed by atoms with Crippen molar-refractivity contribution in [1.29, 1.82) is 0 Å². The van der Waals surface area contributed by atoms with Crippen LogP contribution in [0.1, 0.15) is 43.6 Å². The Morgan fingerprint density at radius 2 is 1.84 bits per heavy atom. The van der Waals surface area contributed by atoms with Gasteiger partial charge in [-0.3, -0.25) is 0 Å². The van der Waals surface area contributed by atoms with E-state index in [4.69, 9.17) is 10.5 Å². The number of amides is 2. The SMILES string of the molecule is CN(C)C(=O)N1CCC(N)C1CO[C@H]1CC[C@@H](c2ccccc2)CC1. The summed E-state index contributed by atoms with van der Waals surface area (Å²) in [4.78, 5) is 15.8. The maximum atomic E-state index is 12.3. The highest BCUT2D eigenvalue weighted by Gasteiger charge is 2.36. The molecule has 1 heterocycles. The van der Waals surface area contributed by atoms with Gasteiger partial charge in [0.2, 0.25) is 0 Å². The number of rotatable bonds is 4. The number of hydrogen-bond acceptors (Lipinski definition) is 3. The molecule has 2 atom stereocenters. The van der Waals surface area contributed by atoms with Crippen LogP contribution in [-0.2, 0) is 4.74 Å². The number of ether oxygens (including phenoxy) is 1. The molecule has 25 heavy (non-hydrogen) atoms. The van der Waals surface area contributed by atoms with Gasteiger partial charge in [0.05, 0.1) is 18.8 Å². The Morgan fingerprint density at radius 1 is 1.16 bits per heavy atom. The van der Waals surface area contributed by atoms with E-state index in [9.17, 15) is 4.79 Å². The van der Waals surface area contributed by atoms with Gasteiger partial charge in [-0.2, -0.15) is 0 Å². The van der Waals surface area contributed by atoms with Crippen LogP contribution in [0.15, 0.2) is 30.3 Å². The Morgan fingerprint density at radius 3 is 2.48 bits per heavy atom. The number of likely N-dealkylation sites (tertiary alicyclic amines) is 1. The normalized spacial score (nSPS) is 29.6. The summed E-state index contributed by atoms with van der Waals surface area (Å²) in [5.41, 5.74) is 7.67. The van der Waals surface area contributed by atoms with Gasteiger partial charge in [0.25, 0.3) is 0 Å². The number of hydrogen-bond donors (Lipinski definition) is 1. The fourth-order valence-electron chi connectivity index (χ4n) is 4.11. The van der Waals surface area contributed by atoms with E-state index in [0.29, 0.717) is 18.6 Å². The maximum absolute atomic E-state index is 12.3. The van der Waals surface area contributed by atoms with Gasteiger partial charge in [0.15, 0.2) is 0 Å². The predicted octanol–water partition coefficient (Wildman–Crippen LogP) is 2.81. The quantitative estimate of drug-likeness (QED) is 0.913. The van der Waals surface area contributed by atoms with Crippen molar-refractivity contribution in [3.05, 3.63) is 35.9 Å². The molecule has 2 N–H and O–H groups in total. The fraction of sp³-hybridized carbons (Fsp3) is 0.650. The molecule has 0 radical (unpaired) electrons. The van der Waals surface area contributed by atoms with Crippen molar-refractivity contribution in [3.8, 4) is 0 Å². The Kier molecular flexibility index (Phi) is 5.97. The molecule has 2 unspecified atom stereocenters. The predicted molar refractivity (Wildman–Crippen MR) is 99.6 cm³/mol. The van der Waals surface area contributed by atoms with E-state index < -0.39 is 0 Å². The third-order valence-electron chi connectivity index (χ3n) is 5.67. The van der Waals surface area contributed by atoms with Crippen LogP contribution in [0.2, 0.25) is 0 Å². The lowest BCUT2D eigenvalue weighted by molar-refractivity contribution is -0.00135. The van der Waals surface area contributed by atoms with Crippen molar-refractivity contribution in [2.24, 2.45) is 5.73 Å². The van der Waals surface area contributed by atoms with E-state index >= 15 is 0 Å². The lowest BCUT2D eigenvalue weighted by atomic mass is 9.83. The minimum absolute atomic E-state index is 0.00162. The Hall–Kier alpha value is -1.59. The summed E-state index contributed by atoms with van der Waals surface area (Å²) < 4.78 is 6.19. The van der Waals surface area contributed by atoms with E-state index in [-0.39, 0.29) is 18.1 Å². The van der Waals surface area contributed by atoms with E-state index in [1.807, 2.05) is 4.90 Å². The van der Waals surface area contributed by atoms with E-state index in [2.05, 4.69) is 30.3 Å². The molecule has 2 amide bonds. The smallest absolute Gasteiger partial charge is 0.319 e. The van der Waals surface area contributed by atoms with Gasteiger partial charge in [-0.05, 0) is 43.6 Å². The third-order valence-corrected chi connectivity index (χ3v) is 5.67. The minimum Gasteiger partial charge on any atom is -0.376 e. The summed E-state index contributed by atoms with van der Waals surface area (Å²) in [5, 5.41) is 0. The Bertz CT molecular complexity index is 555. The van der Waals surface area contributed by atoms with Crippen molar-refractivity contribution in [1.82, 2.24) is 9.80 Å². The van der Waals surface area contributed by atoms with Crippen LogP contribution in [0.3, 0.4) is 0 Å². The lowest BCUT2D eigenvalue weighted by Crippen LogP contribution is -2.49. The van der Waals surface area contributed by atoms with Crippen molar-refractivity contribution in [2.75, 3.05) is 27.2 Å². The molecular formula is C20H31N3O2. The molecule has 2 fully saturated rings. The maximum Gasteiger partial charge on any atom is 0.319 e. The van der Waals surface area contributed by atoms with E-state index in [1.54, 1.807) is 19.0 Å². The van der Waals surface area contributed by atoms with E-state index in [1.165, 1.54) is 18.4 Å². The molecule has 1 saturated carbocycles. The zero-order chi connectivity index (χ0) is 17.8. The van der Waals surface area contributed by atoms with Gasteiger partial charge < -0.3 is 20.3 Å². The van der Waals surface area contributed by atoms with E-state index in [0.717, 1.165) is 25.8 Å². The van der Waals surface area contributed by atoms with Crippen molar-refractivity contribution in [3.63, 3.8) is 0 Å². The number of carbonyl (C=O) groups excluding carboxylic acids is 1. The lowest BCUT2D eigenvalue weighted by Gasteiger charge is -2.33. The van der Waals surface area contributed by atoms with Crippen LogP contribution in [0, 0.1) is 0 Å². The molecule has 5 nitrogen and oxygen atoms in total. The van der Waals surface area contributed by atoms with Gasteiger partial charge in [-0.25, -0.2) is 4.79 Å². The molecule has 138 valence electrons. The summed E-state index contributed by atoms with van der Waals surface area (Å²) in [6, 6.07) is 10.8. The number of nitrogens with zero attached hydrogens (tertiary/aromatic N) is 2. The first kappa shape index (κ1) is 18.2. The van der Waals surface area contributed by atoms with Crippen molar-refractivity contribution >= 4 is 6.03 Å². The fourth-order valence-corrected chi connectivity index (χ4v) is 4.11. The standard InChI is InChI=1S/C20H31N3O2/c1-22(2)20(24)23-13-12-18(21)19(23)14-25-17-10-8-16(9-11-17)15-6-4-3-5-7-15/h3-7,16-19H,8-14,21H2,1-2H3/t16-,17+,18?,19?. The molecule has 0 aromatic heterocycles. The summed E-state index contributed by atoms with van der Waals surface area (Å²) in [6.07, 6.45) is 5.67. The van der Waals surface area contributed by atoms with Crippen LogP contribution >= 0.6 is 0 Å². The van der Waals surface area contributed by atoms with Crippen LogP contribution < -0.4 is 5.73 Å².